The van der Waals surface area contributed by atoms with E-state index >= 15 is 0 Å². The van der Waals surface area contributed by atoms with Crippen molar-refractivity contribution in [2.45, 2.75) is 51.5 Å². The number of nitrogens with one attached hydrogen (secondary N) is 1. The van der Waals surface area contributed by atoms with Gasteiger partial charge in [-0.1, -0.05) is 24.4 Å². The smallest absolute Gasteiger partial charge is 0.226 e. The maximum atomic E-state index is 12.0. The first-order valence-corrected chi connectivity index (χ1v) is 7.10. The molecule has 1 saturated carbocycles. The van der Waals surface area contributed by atoms with Gasteiger partial charge >= 0.3 is 0 Å². The van der Waals surface area contributed by atoms with Gasteiger partial charge in [0, 0.05) is 18.7 Å². The summed E-state index contributed by atoms with van der Waals surface area (Å²) in [6.07, 6.45) is 6.41. The highest BCUT2D eigenvalue weighted by atomic mass is 35.5. The molecule has 1 amide bonds. The summed E-state index contributed by atoms with van der Waals surface area (Å²) in [5.74, 6) is 1.24. The molecule has 0 aliphatic heterocycles. The van der Waals surface area contributed by atoms with Gasteiger partial charge in [-0.05, 0) is 25.7 Å². The topological polar surface area (TPSA) is 81.2 Å². The van der Waals surface area contributed by atoms with E-state index in [0.29, 0.717) is 18.2 Å². The van der Waals surface area contributed by atoms with Crippen LogP contribution in [0.1, 0.15) is 43.6 Å². The third kappa shape index (κ3) is 4.80. The molecule has 0 bridgehead atoms. The molecule has 3 N–H and O–H groups in total. The lowest BCUT2D eigenvalue weighted by atomic mass is 9.84. The Morgan fingerprint density at radius 2 is 2.20 bits per heavy atom. The zero-order valence-electron chi connectivity index (χ0n) is 11.9. The minimum absolute atomic E-state index is 0. The molecule has 0 radical (unpaired) electrons. The lowest BCUT2D eigenvalue weighted by Crippen LogP contribution is -2.46. The van der Waals surface area contributed by atoms with E-state index in [2.05, 4.69) is 10.5 Å². The number of hydrogen-bond donors (Lipinski definition) is 2. The molecule has 6 heteroatoms. The molecule has 1 aromatic heterocycles. The summed E-state index contributed by atoms with van der Waals surface area (Å²) in [5.41, 5.74) is 6.48. The second-order valence-corrected chi connectivity index (χ2v) is 5.41. The van der Waals surface area contributed by atoms with Crippen LogP contribution in [0.25, 0.3) is 0 Å². The molecule has 0 spiro atoms. The zero-order valence-corrected chi connectivity index (χ0v) is 12.7. The van der Waals surface area contributed by atoms with E-state index < -0.39 is 0 Å². The molecule has 114 valence electrons. The second kappa shape index (κ2) is 8.27. The van der Waals surface area contributed by atoms with Gasteiger partial charge in [-0.3, -0.25) is 4.79 Å². The standard InChI is InChI=1S/C14H23N3O2.ClH/c1-10-7-12(17-19-10)8-14(18)16-13(9-15)11-5-3-2-4-6-11;/h7,11,13H,2-6,8-9,15H2,1H3,(H,16,18);1H. The van der Waals surface area contributed by atoms with Gasteiger partial charge in [0.05, 0.1) is 12.1 Å². The van der Waals surface area contributed by atoms with Crippen molar-refractivity contribution in [3.05, 3.63) is 17.5 Å². The molecule has 1 heterocycles. The molecule has 0 aromatic carbocycles. The summed E-state index contributed by atoms with van der Waals surface area (Å²) in [7, 11) is 0. The van der Waals surface area contributed by atoms with Crippen LogP contribution < -0.4 is 11.1 Å². The van der Waals surface area contributed by atoms with Crippen molar-refractivity contribution in [1.29, 1.82) is 0 Å². The van der Waals surface area contributed by atoms with E-state index in [1.165, 1.54) is 32.1 Å². The fraction of sp³-hybridized carbons (Fsp3) is 0.714. The van der Waals surface area contributed by atoms with Crippen LogP contribution in [0.5, 0.6) is 0 Å². The summed E-state index contributed by atoms with van der Waals surface area (Å²) in [5, 5.41) is 6.88. The Bertz CT molecular complexity index is 416. The van der Waals surface area contributed by atoms with Crippen molar-refractivity contribution < 1.29 is 9.32 Å². The van der Waals surface area contributed by atoms with Gasteiger partial charge in [0.25, 0.3) is 0 Å². The number of aromatic nitrogens is 1. The van der Waals surface area contributed by atoms with Crippen molar-refractivity contribution in [2.75, 3.05) is 6.54 Å². The van der Waals surface area contributed by atoms with Crippen molar-refractivity contribution in [3.8, 4) is 0 Å². The Balaban J connectivity index is 0.00000200. The summed E-state index contributed by atoms with van der Waals surface area (Å²) in [6.45, 7) is 2.33. The van der Waals surface area contributed by atoms with Crippen LogP contribution in [0.3, 0.4) is 0 Å². The third-order valence-corrected chi connectivity index (χ3v) is 3.84. The minimum atomic E-state index is -0.0191. The molecule has 1 aliphatic rings. The first kappa shape index (κ1) is 17.0. The Morgan fingerprint density at radius 1 is 1.50 bits per heavy atom. The molecule has 2 rings (SSSR count). The highest BCUT2D eigenvalue weighted by molar-refractivity contribution is 5.85. The van der Waals surface area contributed by atoms with E-state index in [9.17, 15) is 4.79 Å². The van der Waals surface area contributed by atoms with Crippen molar-refractivity contribution in [1.82, 2.24) is 10.5 Å². The monoisotopic (exact) mass is 301 g/mol. The Labute approximate surface area is 126 Å². The molecular formula is C14H24ClN3O2. The number of halogens is 1. The van der Waals surface area contributed by atoms with Gasteiger partial charge in [0.2, 0.25) is 5.91 Å². The predicted molar refractivity (Wildman–Crippen MR) is 79.8 cm³/mol. The first-order valence-electron chi connectivity index (χ1n) is 7.10. The number of carbonyl (C=O) groups excluding carboxylic acids is 1. The van der Waals surface area contributed by atoms with Gasteiger partial charge in [0.15, 0.2) is 0 Å². The highest BCUT2D eigenvalue weighted by Gasteiger charge is 2.24. The second-order valence-electron chi connectivity index (χ2n) is 5.41. The van der Waals surface area contributed by atoms with Crippen LogP contribution in [-0.4, -0.2) is 23.7 Å². The lowest BCUT2D eigenvalue weighted by Gasteiger charge is -2.30. The maximum Gasteiger partial charge on any atom is 0.226 e. The van der Waals surface area contributed by atoms with Crippen molar-refractivity contribution in [3.63, 3.8) is 0 Å². The van der Waals surface area contributed by atoms with Crippen molar-refractivity contribution in [2.24, 2.45) is 11.7 Å². The average molecular weight is 302 g/mol. The number of carbonyl (C=O) groups is 1. The summed E-state index contributed by atoms with van der Waals surface area (Å²) < 4.78 is 4.96. The van der Waals surface area contributed by atoms with Crippen LogP contribution in [0.4, 0.5) is 0 Å². The summed E-state index contributed by atoms with van der Waals surface area (Å²) in [6, 6.07) is 1.89. The predicted octanol–water partition coefficient (Wildman–Crippen LogP) is 1.97. The van der Waals surface area contributed by atoms with Crippen molar-refractivity contribution >= 4 is 18.3 Å². The zero-order chi connectivity index (χ0) is 13.7. The number of nitrogens with two attached hydrogens (primary N) is 1. The number of nitrogens with zero attached hydrogens (tertiary/aromatic N) is 1. The quantitative estimate of drug-likeness (QED) is 0.871. The van der Waals surface area contributed by atoms with Crippen LogP contribution in [0.15, 0.2) is 10.6 Å². The minimum Gasteiger partial charge on any atom is -0.361 e. The lowest BCUT2D eigenvalue weighted by molar-refractivity contribution is -0.121. The van der Waals surface area contributed by atoms with E-state index in [0.717, 1.165) is 5.76 Å². The van der Waals surface area contributed by atoms with E-state index in [4.69, 9.17) is 10.3 Å². The van der Waals surface area contributed by atoms with Crippen LogP contribution in [0, 0.1) is 12.8 Å². The molecule has 0 saturated heterocycles. The third-order valence-electron chi connectivity index (χ3n) is 3.84. The molecule has 5 nitrogen and oxygen atoms in total. The Kier molecular flexibility index (Phi) is 7.02. The van der Waals surface area contributed by atoms with Gasteiger partial charge < -0.3 is 15.6 Å². The number of amides is 1. The molecule has 1 aromatic rings. The fourth-order valence-electron chi connectivity index (χ4n) is 2.83. The molecular weight excluding hydrogens is 278 g/mol. The fourth-order valence-corrected chi connectivity index (χ4v) is 2.83. The molecule has 1 fully saturated rings. The normalized spacial score (nSPS) is 17.3. The number of rotatable bonds is 5. The molecule has 1 aliphatic carbocycles. The summed E-state index contributed by atoms with van der Waals surface area (Å²) in [4.78, 5) is 12.0. The largest absolute Gasteiger partial charge is 0.361 e. The van der Waals surface area contributed by atoms with Gasteiger partial charge in [-0.2, -0.15) is 0 Å². The maximum absolute atomic E-state index is 12.0. The number of aryl methyl sites for hydroxylation is 1. The Morgan fingerprint density at radius 3 is 2.75 bits per heavy atom. The summed E-state index contributed by atoms with van der Waals surface area (Å²) >= 11 is 0. The SMILES string of the molecule is Cc1cc(CC(=O)NC(CN)C2CCCCC2)no1.Cl. The van der Waals surface area contributed by atoms with E-state index in [1.54, 1.807) is 6.07 Å². The average Bonchev–Trinajstić information content (AvgIpc) is 2.82. The van der Waals surface area contributed by atoms with E-state index in [1.807, 2.05) is 6.92 Å². The number of hydrogen-bond acceptors (Lipinski definition) is 4. The molecule has 20 heavy (non-hydrogen) atoms. The first-order chi connectivity index (χ1) is 9.19. The Hall–Kier alpha value is -1.07. The van der Waals surface area contributed by atoms with Crippen LogP contribution >= 0.6 is 12.4 Å². The highest BCUT2D eigenvalue weighted by Crippen LogP contribution is 2.26. The van der Waals surface area contributed by atoms with Gasteiger partial charge in [-0.25, -0.2) is 0 Å². The molecule has 1 unspecified atom stereocenters. The van der Waals surface area contributed by atoms with Gasteiger partial charge in [0.1, 0.15) is 5.76 Å². The van der Waals surface area contributed by atoms with Crippen LogP contribution in [-0.2, 0) is 11.2 Å². The van der Waals surface area contributed by atoms with E-state index in [-0.39, 0.29) is 30.8 Å². The molecule has 1 atom stereocenters. The van der Waals surface area contributed by atoms with Gasteiger partial charge in [-0.15, -0.1) is 12.4 Å². The van der Waals surface area contributed by atoms with Crippen LogP contribution in [0.2, 0.25) is 0 Å².